The van der Waals surface area contributed by atoms with Crippen LogP contribution in [0.4, 0.5) is 0 Å². The molecule has 0 saturated carbocycles. The van der Waals surface area contributed by atoms with E-state index in [1.807, 2.05) is 16.8 Å². The van der Waals surface area contributed by atoms with E-state index in [9.17, 15) is 4.57 Å². The first-order chi connectivity index (χ1) is 7.00. The summed E-state index contributed by atoms with van der Waals surface area (Å²) in [4.78, 5) is 0. The summed E-state index contributed by atoms with van der Waals surface area (Å²) < 4.78 is 14.0. The second-order valence-corrected chi connectivity index (χ2v) is 5.41. The third-order valence-electron chi connectivity index (χ3n) is 1.98. The van der Waals surface area contributed by atoms with Crippen molar-refractivity contribution in [2.24, 2.45) is 0 Å². The molecule has 0 amide bonds. The molecule has 1 atom stereocenters. The quantitative estimate of drug-likeness (QED) is 0.498. The Bertz CT molecular complexity index is 236. The molecule has 0 rings (SSSR count). The number of hydrogen-bond acceptors (Lipinski definition) is 1. The average molecular weight is 228 g/mol. The molecular weight excluding hydrogens is 205 g/mol. The first-order valence-electron chi connectivity index (χ1n) is 5.58. The highest BCUT2D eigenvalue weighted by molar-refractivity contribution is 7.45. The van der Waals surface area contributed by atoms with E-state index in [0.717, 1.165) is 6.42 Å². The van der Waals surface area contributed by atoms with Gasteiger partial charge >= 0.3 is 7.95 Å². The summed E-state index contributed by atoms with van der Waals surface area (Å²) in [6, 6.07) is 0.627. The monoisotopic (exact) mass is 228 g/mol. The van der Waals surface area contributed by atoms with E-state index in [0.29, 0.717) is 12.1 Å². The lowest BCUT2D eigenvalue weighted by Crippen LogP contribution is -2.29. The minimum atomic E-state index is -1.39. The van der Waals surface area contributed by atoms with E-state index in [1.54, 1.807) is 5.82 Å². The van der Waals surface area contributed by atoms with Gasteiger partial charge in [-0.3, -0.25) is 0 Å². The second kappa shape index (κ2) is 7.78. The zero-order valence-electron chi connectivity index (χ0n) is 10.5. The van der Waals surface area contributed by atoms with Crippen LogP contribution in [0.25, 0.3) is 0 Å². The zero-order valence-corrected chi connectivity index (χ0v) is 11.4. The van der Waals surface area contributed by atoms with Gasteiger partial charge in [-0.2, -0.15) is 0 Å². The van der Waals surface area contributed by atoms with Gasteiger partial charge in [0.1, 0.15) is 0 Å². The lowest BCUT2D eigenvalue weighted by atomic mass is 10.3. The molecule has 0 aromatic carbocycles. The van der Waals surface area contributed by atoms with Crippen molar-refractivity contribution in [2.45, 2.75) is 53.1 Å². The molecule has 0 spiro atoms. The van der Waals surface area contributed by atoms with Gasteiger partial charge in [-0.1, -0.05) is 23.7 Å². The Morgan fingerprint density at radius 2 is 1.67 bits per heavy atom. The highest BCUT2D eigenvalue weighted by atomic mass is 31.1. The standard InChI is InChI=1S/C12H23NOP/c1-6-7-8-9-10-15(14)13(11(2)3)12(4)5/h7-12H,6H2,1-5H3/q+1/b8-7+,10-9+. The van der Waals surface area contributed by atoms with Crippen LogP contribution < -0.4 is 0 Å². The number of hydrogen-bond donors (Lipinski definition) is 0. The average Bonchev–Trinajstić information content (AvgIpc) is 2.11. The van der Waals surface area contributed by atoms with Gasteiger partial charge in [0, 0.05) is 12.1 Å². The summed E-state index contributed by atoms with van der Waals surface area (Å²) in [5.74, 6) is 1.78. The minimum Gasteiger partial charge on any atom is -0.0874 e. The predicted molar refractivity (Wildman–Crippen MR) is 68.3 cm³/mol. The van der Waals surface area contributed by atoms with Crippen LogP contribution in [-0.2, 0) is 4.57 Å². The molecule has 86 valence electrons. The van der Waals surface area contributed by atoms with Crippen molar-refractivity contribution < 1.29 is 4.57 Å². The van der Waals surface area contributed by atoms with Crippen molar-refractivity contribution in [3.63, 3.8) is 0 Å². The molecule has 0 aliphatic rings. The van der Waals surface area contributed by atoms with Crippen LogP contribution in [-0.4, -0.2) is 16.8 Å². The fraction of sp³-hybridized carbons (Fsp3) is 0.667. The van der Waals surface area contributed by atoms with E-state index in [1.165, 1.54) is 0 Å². The Morgan fingerprint density at radius 3 is 2.07 bits per heavy atom. The fourth-order valence-corrected chi connectivity index (χ4v) is 2.78. The van der Waals surface area contributed by atoms with Crippen LogP contribution in [0.5, 0.6) is 0 Å². The SMILES string of the molecule is CC/C=C/C=C/[P+](=O)N(C(C)C)C(C)C. The van der Waals surface area contributed by atoms with Gasteiger partial charge in [0.25, 0.3) is 0 Å². The van der Waals surface area contributed by atoms with Crippen LogP contribution in [0.15, 0.2) is 24.0 Å². The Morgan fingerprint density at radius 1 is 1.13 bits per heavy atom. The first kappa shape index (κ1) is 14.5. The Labute approximate surface area is 94.9 Å². The molecule has 0 N–H and O–H groups in total. The maximum atomic E-state index is 11.9. The summed E-state index contributed by atoms with van der Waals surface area (Å²) in [6.45, 7) is 10.4. The van der Waals surface area contributed by atoms with E-state index in [-0.39, 0.29) is 0 Å². The van der Waals surface area contributed by atoms with Gasteiger partial charge in [-0.05, 0) is 44.8 Å². The van der Waals surface area contributed by atoms with Crippen LogP contribution in [0.3, 0.4) is 0 Å². The van der Waals surface area contributed by atoms with Crippen molar-refractivity contribution in [1.29, 1.82) is 0 Å². The highest BCUT2D eigenvalue weighted by Gasteiger charge is 2.30. The molecule has 2 nitrogen and oxygen atoms in total. The summed E-state index contributed by atoms with van der Waals surface area (Å²) in [5, 5.41) is 0. The largest absolute Gasteiger partial charge is 0.467 e. The van der Waals surface area contributed by atoms with E-state index in [2.05, 4.69) is 40.7 Å². The van der Waals surface area contributed by atoms with E-state index >= 15 is 0 Å². The number of rotatable bonds is 6. The molecule has 0 bridgehead atoms. The molecule has 0 fully saturated rings. The van der Waals surface area contributed by atoms with Crippen LogP contribution in [0.2, 0.25) is 0 Å². The van der Waals surface area contributed by atoms with E-state index < -0.39 is 7.95 Å². The Balaban J connectivity index is 4.39. The van der Waals surface area contributed by atoms with E-state index in [4.69, 9.17) is 0 Å². The molecule has 0 aliphatic heterocycles. The van der Waals surface area contributed by atoms with Crippen LogP contribution >= 0.6 is 7.95 Å². The smallest absolute Gasteiger partial charge is 0.0874 e. The maximum Gasteiger partial charge on any atom is 0.467 e. The normalized spacial score (nSPS) is 14.0. The van der Waals surface area contributed by atoms with Gasteiger partial charge < -0.3 is 0 Å². The predicted octanol–water partition coefficient (Wildman–Crippen LogP) is 4.33. The molecule has 1 unspecified atom stereocenters. The summed E-state index contributed by atoms with van der Waals surface area (Å²) in [7, 11) is -1.39. The van der Waals surface area contributed by atoms with Crippen molar-refractivity contribution in [3.05, 3.63) is 24.0 Å². The first-order valence-corrected chi connectivity index (χ1v) is 6.86. The number of allylic oxidation sites excluding steroid dienone is 3. The molecule has 0 saturated heterocycles. The molecule has 0 aromatic heterocycles. The Kier molecular flexibility index (Phi) is 7.54. The molecule has 15 heavy (non-hydrogen) atoms. The van der Waals surface area contributed by atoms with Crippen LogP contribution in [0, 0.1) is 0 Å². The van der Waals surface area contributed by atoms with Crippen molar-refractivity contribution in [3.8, 4) is 0 Å². The summed E-state index contributed by atoms with van der Waals surface area (Å²) in [5.41, 5.74) is 0. The van der Waals surface area contributed by atoms with Crippen molar-refractivity contribution in [1.82, 2.24) is 4.67 Å². The molecular formula is C12H23NOP+. The second-order valence-electron chi connectivity index (χ2n) is 4.05. The van der Waals surface area contributed by atoms with Gasteiger partial charge in [0.2, 0.25) is 0 Å². The molecule has 3 heteroatoms. The highest BCUT2D eigenvalue weighted by Crippen LogP contribution is 2.33. The lowest BCUT2D eigenvalue weighted by molar-refractivity contribution is 0.312. The van der Waals surface area contributed by atoms with Gasteiger partial charge in [0.15, 0.2) is 5.82 Å². The summed E-state index contributed by atoms with van der Waals surface area (Å²) in [6.07, 6.45) is 6.89. The fourth-order valence-electron chi connectivity index (χ4n) is 1.47. The van der Waals surface area contributed by atoms with Gasteiger partial charge in [-0.25, -0.2) is 0 Å². The summed E-state index contributed by atoms with van der Waals surface area (Å²) >= 11 is 0. The molecule has 0 aromatic rings. The van der Waals surface area contributed by atoms with Crippen molar-refractivity contribution >= 4 is 7.95 Å². The molecule has 0 heterocycles. The van der Waals surface area contributed by atoms with Crippen LogP contribution in [0.1, 0.15) is 41.0 Å². The van der Waals surface area contributed by atoms with Crippen molar-refractivity contribution in [2.75, 3.05) is 0 Å². The maximum absolute atomic E-state index is 11.9. The third kappa shape index (κ3) is 5.86. The zero-order chi connectivity index (χ0) is 11.8. The molecule has 0 aliphatic carbocycles. The topological polar surface area (TPSA) is 20.3 Å². The minimum absolute atomic E-state index is 0.313. The lowest BCUT2D eigenvalue weighted by Gasteiger charge is -2.17. The van der Waals surface area contributed by atoms with Gasteiger partial charge in [0.05, 0.1) is 0 Å². The third-order valence-corrected chi connectivity index (χ3v) is 3.79. The van der Waals surface area contributed by atoms with Gasteiger partial charge in [-0.15, -0.1) is 0 Å². The molecule has 0 radical (unpaired) electrons. The number of nitrogens with zero attached hydrogens (tertiary/aromatic N) is 1. The Hall–Kier alpha value is -0.460.